The number of likely N-dealkylation sites (N-methyl/N-ethyl adjacent to an activating group) is 1. The van der Waals surface area contributed by atoms with Crippen molar-refractivity contribution in [2.45, 2.75) is 32.5 Å². The Balaban J connectivity index is 1.65. The lowest BCUT2D eigenvalue weighted by Crippen LogP contribution is -2.30. The topological polar surface area (TPSA) is 88.7 Å². The van der Waals surface area contributed by atoms with E-state index in [1.807, 2.05) is 57.7 Å². The third kappa shape index (κ3) is 3.93. The molecule has 190 valence electrons. The summed E-state index contributed by atoms with van der Waals surface area (Å²) in [5, 5.41) is 14.6. The highest BCUT2D eigenvalue weighted by Gasteiger charge is 2.36. The second-order valence-corrected chi connectivity index (χ2v) is 10.2. The van der Waals surface area contributed by atoms with Crippen LogP contribution < -0.4 is 5.32 Å². The van der Waals surface area contributed by atoms with Crippen molar-refractivity contribution in [1.82, 2.24) is 19.4 Å². The number of nitrogens with one attached hydrogen (secondary N) is 1. The Labute approximate surface area is 214 Å². The Morgan fingerprint density at radius 2 is 1.73 bits per heavy atom. The molecule has 0 saturated carbocycles. The van der Waals surface area contributed by atoms with Gasteiger partial charge in [-0.25, -0.2) is 0 Å². The van der Waals surface area contributed by atoms with Crippen molar-refractivity contribution in [1.29, 1.82) is 0 Å². The molecule has 8 heteroatoms. The quantitative estimate of drug-likeness (QED) is 0.413. The van der Waals surface area contributed by atoms with E-state index in [2.05, 4.69) is 19.4 Å². The minimum Gasteiger partial charge on any atom is -0.508 e. The van der Waals surface area contributed by atoms with E-state index in [1.165, 1.54) is 0 Å². The fraction of sp³-hybridized carbons (Fsp3) is 0.310. The van der Waals surface area contributed by atoms with Gasteiger partial charge in [0, 0.05) is 65.5 Å². The molecule has 1 unspecified atom stereocenters. The molecule has 2 aromatic heterocycles. The van der Waals surface area contributed by atoms with Gasteiger partial charge in [0.05, 0.1) is 29.4 Å². The van der Waals surface area contributed by atoms with Crippen LogP contribution in [0.4, 0.5) is 0 Å². The molecular weight excluding hydrogens is 468 g/mol. The molecular formula is C29H30N4O4. The Kier molecular flexibility index (Phi) is 5.66. The van der Waals surface area contributed by atoms with Crippen LogP contribution in [0.2, 0.25) is 0 Å². The van der Waals surface area contributed by atoms with Crippen LogP contribution in [-0.4, -0.2) is 64.3 Å². The van der Waals surface area contributed by atoms with Crippen LogP contribution in [0.5, 0.6) is 5.75 Å². The third-order valence-corrected chi connectivity index (χ3v) is 7.40. The van der Waals surface area contributed by atoms with Crippen LogP contribution >= 0.6 is 0 Å². The summed E-state index contributed by atoms with van der Waals surface area (Å²) in [6, 6.07) is 11.2. The maximum Gasteiger partial charge on any atom is 0.259 e. The van der Waals surface area contributed by atoms with Gasteiger partial charge in [0.1, 0.15) is 5.75 Å². The number of nitrogens with zero attached hydrogens (tertiary/aromatic N) is 3. The van der Waals surface area contributed by atoms with Gasteiger partial charge in [-0.3, -0.25) is 14.9 Å². The van der Waals surface area contributed by atoms with Gasteiger partial charge in [-0.05, 0) is 51.2 Å². The summed E-state index contributed by atoms with van der Waals surface area (Å²) in [6.07, 6.45) is 4.67. The van der Waals surface area contributed by atoms with Gasteiger partial charge < -0.3 is 23.9 Å². The molecule has 4 bridgehead atoms. The zero-order chi connectivity index (χ0) is 25.8. The number of carbonyl (C=O) groups excluding carboxylic acids is 2. The lowest BCUT2D eigenvalue weighted by atomic mass is 9.94. The summed E-state index contributed by atoms with van der Waals surface area (Å²) in [7, 11) is 4.07. The number of aromatic hydroxyl groups is 1. The Hall–Kier alpha value is -3.88. The van der Waals surface area contributed by atoms with Crippen LogP contribution in [0.15, 0.2) is 48.8 Å². The van der Waals surface area contributed by atoms with E-state index in [0.717, 1.165) is 45.9 Å². The van der Waals surface area contributed by atoms with Crippen molar-refractivity contribution >= 4 is 44.8 Å². The molecule has 8 nitrogen and oxygen atoms in total. The van der Waals surface area contributed by atoms with Crippen LogP contribution in [0.3, 0.4) is 0 Å². The molecule has 2 amide bonds. The van der Waals surface area contributed by atoms with Crippen molar-refractivity contribution < 1.29 is 19.4 Å². The van der Waals surface area contributed by atoms with E-state index in [-0.39, 0.29) is 11.9 Å². The Morgan fingerprint density at radius 3 is 2.51 bits per heavy atom. The molecule has 6 rings (SSSR count). The Morgan fingerprint density at radius 1 is 1.00 bits per heavy atom. The minimum atomic E-state index is -0.400. The highest BCUT2D eigenvalue weighted by molar-refractivity contribution is 6.50. The first-order valence-electron chi connectivity index (χ1n) is 12.6. The van der Waals surface area contributed by atoms with E-state index in [9.17, 15) is 14.7 Å². The minimum absolute atomic E-state index is 0.00492. The summed E-state index contributed by atoms with van der Waals surface area (Å²) in [4.78, 5) is 28.7. The number of hydrogen-bond acceptors (Lipinski definition) is 5. The van der Waals surface area contributed by atoms with Crippen LogP contribution in [0, 0.1) is 6.92 Å². The van der Waals surface area contributed by atoms with Crippen molar-refractivity contribution in [2.75, 3.05) is 27.2 Å². The van der Waals surface area contributed by atoms with Gasteiger partial charge in [-0.1, -0.05) is 12.1 Å². The van der Waals surface area contributed by atoms with Gasteiger partial charge in [0.2, 0.25) is 0 Å². The van der Waals surface area contributed by atoms with E-state index in [1.54, 1.807) is 12.1 Å². The molecule has 2 N–H and O–H groups in total. The number of phenolic OH excluding ortho intramolecular Hbond substituents is 1. The molecule has 37 heavy (non-hydrogen) atoms. The fourth-order valence-corrected chi connectivity index (χ4v) is 5.78. The number of imide groups is 1. The molecule has 0 fully saturated rings. The maximum absolute atomic E-state index is 13.3. The van der Waals surface area contributed by atoms with Crippen molar-refractivity contribution in [3.05, 3.63) is 65.5 Å². The van der Waals surface area contributed by atoms with Crippen LogP contribution in [0.25, 0.3) is 33.0 Å². The van der Waals surface area contributed by atoms with Crippen molar-refractivity contribution in [3.63, 3.8) is 0 Å². The maximum atomic E-state index is 13.3. The first kappa shape index (κ1) is 23.5. The van der Waals surface area contributed by atoms with E-state index < -0.39 is 11.8 Å². The van der Waals surface area contributed by atoms with Crippen molar-refractivity contribution in [2.24, 2.45) is 0 Å². The predicted molar refractivity (Wildman–Crippen MR) is 143 cm³/mol. The molecule has 1 atom stereocenters. The first-order chi connectivity index (χ1) is 17.8. The summed E-state index contributed by atoms with van der Waals surface area (Å²) < 4.78 is 10.6. The number of carbonyl (C=O) groups is 2. The summed E-state index contributed by atoms with van der Waals surface area (Å²) >= 11 is 0. The molecule has 0 radical (unpaired) electrons. The number of aryl methyl sites for hydroxylation is 2. The SMILES string of the molecule is Cc1cccc2c1c1cn2CCOC(CN(C)C)CCn2cc(c3ccc(O)cc32)C2=C1C(=O)NC2=O. The highest BCUT2D eigenvalue weighted by Crippen LogP contribution is 2.40. The van der Waals surface area contributed by atoms with E-state index in [4.69, 9.17) is 4.74 Å². The number of hydrogen-bond donors (Lipinski definition) is 2. The van der Waals surface area contributed by atoms with Gasteiger partial charge in [0.15, 0.2) is 0 Å². The number of benzene rings is 2. The summed E-state index contributed by atoms with van der Waals surface area (Å²) in [5.74, 6) is -0.642. The number of aromatic nitrogens is 2. The number of phenols is 1. The monoisotopic (exact) mass is 498 g/mol. The summed E-state index contributed by atoms with van der Waals surface area (Å²) in [5.41, 5.74) is 5.04. The molecule has 2 aromatic carbocycles. The highest BCUT2D eigenvalue weighted by atomic mass is 16.5. The second-order valence-electron chi connectivity index (χ2n) is 10.2. The van der Waals surface area contributed by atoms with Gasteiger partial charge in [0.25, 0.3) is 11.8 Å². The molecule has 4 heterocycles. The molecule has 0 saturated heterocycles. The second kappa shape index (κ2) is 8.90. The van der Waals surface area contributed by atoms with Gasteiger partial charge in [-0.2, -0.15) is 0 Å². The zero-order valence-corrected chi connectivity index (χ0v) is 21.2. The first-order valence-corrected chi connectivity index (χ1v) is 12.6. The fourth-order valence-electron chi connectivity index (χ4n) is 5.78. The predicted octanol–water partition coefficient (Wildman–Crippen LogP) is 3.53. The lowest BCUT2D eigenvalue weighted by molar-refractivity contribution is -0.122. The standard InChI is InChI=1S/C29H30N4O4/c1-17-5-4-6-23-25(17)22-16-33(23)11-12-37-19(14-31(2)3)9-10-32-15-21(20-8-7-18(34)13-24(20)32)26-27(22)29(36)30-28(26)35/h4-8,13,15-16,19,34H,9-12,14H2,1-3H3,(H,30,35,36). The number of amides is 2. The lowest BCUT2D eigenvalue weighted by Gasteiger charge is -2.22. The number of fused-ring (bicyclic) bond motifs is 12. The average Bonchev–Trinajstić information content (AvgIpc) is 3.47. The smallest absolute Gasteiger partial charge is 0.259 e. The summed E-state index contributed by atoms with van der Waals surface area (Å²) in [6.45, 7) is 4.59. The van der Waals surface area contributed by atoms with Crippen LogP contribution in [0.1, 0.15) is 23.1 Å². The Bertz CT molecular complexity index is 1610. The molecule has 2 aliphatic rings. The average molecular weight is 499 g/mol. The van der Waals surface area contributed by atoms with E-state index in [0.29, 0.717) is 36.4 Å². The van der Waals surface area contributed by atoms with Gasteiger partial charge >= 0.3 is 0 Å². The molecule has 4 aromatic rings. The molecule has 2 aliphatic heterocycles. The third-order valence-electron chi connectivity index (χ3n) is 7.40. The molecule has 0 aliphatic carbocycles. The van der Waals surface area contributed by atoms with E-state index >= 15 is 0 Å². The van der Waals surface area contributed by atoms with Crippen LogP contribution in [-0.2, 0) is 27.4 Å². The number of rotatable bonds is 2. The normalized spacial score (nSPS) is 18.5. The number of ether oxygens (including phenoxy) is 1. The zero-order valence-electron chi connectivity index (χ0n) is 21.2. The van der Waals surface area contributed by atoms with Gasteiger partial charge in [-0.15, -0.1) is 0 Å². The van der Waals surface area contributed by atoms with Crippen molar-refractivity contribution in [3.8, 4) is 5.75 Å². The largest absolute Gasteiger partial charge is 0.508 e. The molecule has 0 spiro atoms.